The second-order valence-corrected chi connectivity index (χ2v) is 4.55. The van der Waals surface area contributed by atoms with Gasteiger partial charge in [0.05, 0.1) is 11.4 Å². The maximum Gasteiger partial charge on any atom is 0.140 e. The van der Waals surface area contributed by atoms with E-state index in [1.54, 1.807) is 0 Å². The van der Waals surface area contributed by atoms with Crippen LogP contribution >= 0.6 is 0 Å². The molecule has 0 aliphatic rings. The number of nitrogens with two attached hydrogens (primary N) is 1. The molecule has 3 aromatic rings. The van der Waals surface area contributed by atoms with Crippen molar-refractivity contribution in [3.8, 4) is 11.3 Å². The van der Waals surface area contributed by atoms with E-state index in [9.17, 15) is 0 Å². The van der Waals surface area contributed by atoms with Crippen molar-refractivity contribution in [2.45, 2.75) is 13.3 Å². The molecule has 0 fully saturated rings. The molecule has 2 heterocycles. The molecule has 0 saturated heterocycles. The van der Waals surface area contributed by atoms with E-state index in [0.717, 1.165) is 34.8 Å². The van der Waals surface area contributed by atoms with Crippen molar-refractivity contribution in [1.29, 1.82) is 0 Å². The summed E-state index contributed by atoms with van der Waals surface area (Å²) < 4.78 is 2.01. The fourth-order valence-corrected chi connectivity index (χ4v) is 2.21. The Morgan fingerprint density at radius 1 is 1.16 bits per heavy atom. The van der Waals surface area contributed by atoms with Gasteiger partial charge in [-0.15, -0.1) is 0 Å². The topological polar surface area (TPSA) is 56.2 Å². The Bertz CT molecular complexity index is 701. The lowest BCUT2D eigenvalue weighted by Crippen LogP contribution is -2.02. The lowest BCUT2D eigenvalue weighted by Gasteiger charge is -2.04. The largest absolute Gasteiger partial charge is 0.330 e. The van der Waals surface area contributed by atoms with Gasteiger partial charge in [0.25, 0.3) is 0 Å². The third-order valence-electron chi connectivity index (χ3n) is 3.15. The molecule has 4 heteroatoms. The smallest absolute Gasteiger partial charge is 0.140 e. The van der Waals surface area contributed by atoms with Gasteiger partial charge in [-0.3, -0.25) is 4.40 Å². The van der Waals surface area contributed by atoms with Crippen LogP contribution in [0, 0.1) is 6.92 Å². The molecular formula is C15H16N4. The van der Waals surface area contributed by atoms with Crippen LogP contribution in [0.3, 0.4) is 0 Å². The van der Waals surface area contributed by atoms with Gasteiger partial charge in [0.1, 0.15) is 11.5 Å². The second-order valence-electron chi connectivity index (χ2n) is 4.55. The van der Waals surface area contributed by atoms with Gasteiger partial charge in [-0.2, -0.15) is 0 Å². The van der Waals surface area contributed by atoms with Crippen molar-refractivity contribution in [2.24, 2.45) is 5.73 Å². The minimum Gasteiger partial charge on any atom is -0.330 e. The third-order valence-corrected chi connectivity index (χ3v) is 3.15. The lowest BCUT2D eigenvalue weighted by molar-refractivity contribution is 0.933. The van der Waals surface area contributed by atoms with Crippen LogP contribution in [0.1, 0.15) is 11.5 Å². The van der Waals surface area contributed by atoms with Gasteiger partial charge in [0, 0.05) is 24.2 Å². The summed E-state index contributed by atoms with van der Waals surface area (Å²) in [5.41, 5.74) is 9.58. The van der Waals surface area contributed by atoms with Gasteiger partial charge in [-0.1, -0.05) is 30.3 Å². The average Bonchev–Trinajstić information content (AvgIpc) is 2.83. The molecule has 1 aromatic carbocycles. The molecule has 0 aliphatic heterocycles. The summed E-state index contributed by atoms with van der Waals surface area (Å²) in [5.74, 6) is 0.937. The summed E-state index contributed by atoms with van der Waals surface area (Å²) in [7, 11) is 0. The Labute approximate surface area is 111 Å². The molecule has 2 N–H and O–H groups in total. The van der Waals surface area contributed by atoms with Crippen molar-refractivity contribution in [2.75, 3.05) is 6.54 Å². The fourth-order valence-electron chi connectivity index (χ4n) is 2.21. The summed E-state index contributed by atoms with van der Waals surface area (Å²) >= 11 is 0. The van der Waals surface area contributed by atoms with E-state index in [1.807, 2.05) is 41.8 Å². The number of hydrogen-bond donors (Lipinski definition) is 1. The van der Waals surface area contributed by atoms with Gasteiger partial charge >= 0.3 is 0 Å². The highest BCUT2D eigenvalue weighted by Crippen LogP contribution is 2.19. The summed E-state index contributed by atoms with van der Waals surface area (Å²) in [6, 6.07) is 12.2. The Kier molecular flexibility index (Phi) is 3.01. The number of imidazole rings is 1. The van der Waals surface area contributed by atoms with Crippen molar-refractivity contribution < 1.29 is 0 Å². The van der Waals surface area contributed by atoms with E-state index in [0.29, 0.717) is 6.54 Å². The van der Waals surface area contributed by atoms with Crippen LogP contribution < -0.4 is 5.73 Å². The Morgan fingerprint density at radius 3 is 2.68 bits per heavy atom. The number of aromatic nitrogens is 3. The molecule has 0 saturated carbocycles. The highest BCUT2D eigenvalue weighted by Gasteiger charge is 2.07. The molecule has 0 amide bonds. The lowest BCUT2D eigenvalue weighted by atomic mass is 10.1. The summed E-state index contributed by atoms with van der Waals surface area (Å²) in [6.45, 7) is 2.61. The van der Waals surface area contributed by atoms with Gasteiger partial charge in [0.15, 0.2) is 0 Å². The predicted molar refractivity (Wildman–Crippen MR) is 75.9 cm³/mol. The first kappa shape index (κ1) is 11.9. The standard InChI is InChI=1S/C15H16N4/c1-11-17-14(12-5-3-2-4-6-12)9-15-18-13(7-8-16)10-19(11)15/h2-6,9-10H,7-8,16H2,1H3. The summed E-state index contributed by atoms with van der Waals surface area (Å²) in [5, 5.41) is 0. The Morgan fingerprint density at radius 2 is 1.95 bits per heavy atom. The molecule has 0 aliphatic carbocycles. The highest BCUT2D eigenvalue weighted by molar-refractivity contribution is 5.63. The first-order chi connectivity index (χ1) is 9.28. The Balaban J connectivity index is 2.13. The second kappa shape index (κ2) is 4.82. The number of nitrogens with zero attached hydrogens (tertiary/aromatic N) is 3. The molecule has 2 aromatic heterocycles. The molecule has 3 rings (SSSR count). The maximum absolute atomic E-state index is 5.58. The van der Waals surface area contributed by atoms with Crippen LogP contribution in [0.2, 0.25) is 0 Å². The first-order valence-electron chi connectivity index (χ1n) is 6.39. The van der Waals surface area contributed by atoms with E-state index >= 15 is 0 Å². The quantitative estimate of drug-likeness (QED) is 0.777. The van der Waals surface area contributed by atoms with Crippen molar-refractivity contribution in [3.05, 3.63) is 54.1 Å². The SMILES string of the molecule is Cc1nc(-c2ccccc2)cc2nc(CCN)cn12. The zero-order valence-electron chi connectivity index (χ0n) is 10.9. The van der Waals surface area contributed by atoms with Crippen LogP contribution in [0.5, 0.6) is 0 Å². The van der Waals surface area contributed by atoms with E-state index in [2.05, 4.69) is 22.1 Å². The van der Waals surface area contributed by atoms with E-state index in [4.69, 9.17) is 5.73 Å². The van der Waals surface area contributed by atoms with Crippen LogP contribution in [-0.4, -0.2) is 20.9 Å². The van der Waals surface area contributed by atoms with Gasteiger partial charge in [0.2, 0.25) is 0 Å². The van der Waals surface area contributed by atoms with E-state index in [-0.39, 0.29) is 0 Å². The van der Waals surface area contributed by atoms with E-state index in [1.165, 1.54) is 0 Å². The minimum atomic E-state index is 0.613. The zero-order chi connectivity index (χ0) is 13.2. The maximum atomic E-state index is 5.58. The minimum absolute atomic E-state index is 0.613. The molecule has 0 unspecified atom stereocenters. The average molecular weight is 252 g/mol. The molecule has 4 nitrogen and oxygen atoms in total. The monoisotopic (exact) mass is 252 g/mol. The molecule has 0 spiro atoms. The van der Waals surface area contributed by atoms with Crippen LogP contribution in [0.15, 0.2) is 42.6 Å². The summed E-state index contributed by atoms with van der Waals surface area (Å²) in [6.07, 6.45) is 2.81. The normalized spacial score (nSPS) is 11.1. The van der Waals surface area contributed by atoms with Crippen molar-refractivity contribution in [3.63, 3.8) is 0 Å². The van der Waals surface area contributed by atoms with Crippen LogP contribution in [0.4, 0.5) is 0 Å². The third kappa shape index (κ3) is 2.22. The molecule has 96 valence electrons. The number of fused-ring (bicyclic) bond motifs is 1. The zero-order valence-corrected chi connectivity index (χ0v) is 10.9. The number of aryl methyl sites for hydroxylation is 1. The summed E-state index contributed by atoms with van der Waals surface area (Å²) in [4.78, 5) is 9.23. The fraction of sp³-hybridized carbons (Fsp3) is 0.200. The number of rotatable bonds is 3. The number of benzene rings is 1. The predicted octanol–water partition coefficient (Wildman–Crippen LogP) is 2.21. The van der Waals surface area contributed by atoms with Gasteiger partial charge in [-0.05, 0) is 13.5 Å². The Hall–Kier alpha value is -2.20. The molecule has 0 radical (unpaired) electrons. The molecular weight excluding hydrogens is 236 g/mol. The number of hydrogen-bond acceptors (Lipinski definition) is 3. The van der Waals surface area contributed by atoms with Crippen LogP contribution in [0.25, 0.3) is 16.9 Å². The van der Waals surface area contributed by atoms with Crippen molar-refractivity contribution >= 4 is 5.65 Å². The van der Waals surface area contributed by atoms with Gasteiger partial charge in [-0.25, -0.2) is 9.97 Å². The molecule has 19 heavy (non-hydrogen) atoms. The van der Waals surface area contributed by atoms with Crippen molar-refractivity contribution in [1.82, 2.24) is 14.4 Å². The van der Waals surface area contributed by atoms with Gasteiger partial charge < -0.3 is 5.73 Å². The molecule has 0 atom stereocenters. The molecule has 0 bridgehead atoms. The highest BCUT2D eigenvalue weighted by atomic mass is 15.1. The van der Waals surface area contributed by atoms with Crippen LogP contribution in [-0.2, 0) is 6.42 Å². The van der Waals surface area contributed by atoms with E-state index < -0.39 is 0 Å². The first-order valence-corrected chi connectivity index (χ1v) is 6.39.